The SMILES string of the molecule is O=C(NCCc1ccc(Br)s1)c1ccc(CCl)cc1. The van der Waals surface area contributed by atoms with Crippen molar-refractivity contribution in [3.05, 3.63) is 56.2 Å². The van der Waals surface area contributed by atoms with Gasteiger partial charge in [-0.15, -0.1) is 22.9 Å². The number of hydrogen-bond donors (Lipinski definition) is 1. The van der Waals surface area contributed by atoms with Crippen molar-refractivity contribution in [2.24, 2.45) is 0 Å². The predicted molar refractivity (Wildman–Crippen MR) is 84.1 cm³/mol. The second-order valence-corrected chi connectivity index (χ2v) is 6.86. The van der Waals surface area contributed by atoms with Crippen LogP contribution in [0.15, 0.2) is 40.2 Å². The predicted octanol–water partition coefficient (Wildman–Crippen LogP) is 4.22. The van der Waals surface area contributed by atoms with Crippen LogP contribution in [0.1, 0.15) is 20.8 Å². The molecule has 1 aromatic carbocycles. The molecule has 2 nitrogen and oxygen atoms in total. The number of alkyl halides is 1. The van der Waals surface area contributed by atoms with Crippen LogP contribution in [-0.4, -0.2) is 12.5 Å². The van der Waals surface area contributed by atoms with Gasteiger partial charge in [-0.3, -0.25) is 4.79 Å². The summed E-state index contributed by atoms with van der Waals surface area (Å²) >= 11 is 10.8. The summed E-state index contributed by atoms with van der Waals surface area (Å²) in [7, 11) is 0. The van der Waals surface area contributed by atoms with Crippen molar-refractivity contribution in [2.45, 2.75) is 12.3 Å². The average molecular weight is 359 g/mol. The van der Waals surface area contributed by atoms with Gasteiger partial charge in [0.05, 0.1) is 3.79 Å². The molecule has 0 spiro atoms. The summed E-state index contributed by atoms with van der Waals surface area (Å²) in [6, 6.07) is 11.4. The monoisotopic (exact) mass is 357 g/mol. The van der Waals surface area contributed by atoms with Crippen LogP contribution in [0.2, 0.25) is 0 Å². The van der Waals surface area contributed by atoms with E-state index in [2.05, 4.69) is 27.3 Å². The minimum atomic E-state index is -0.0447. The number of thiophene rings is 1. The normalized spacial score (nSPS) is 10.4. The lowest BCUT2D eigenvalue weighted by molar-refractivity contribution is 0.0954. The Morgan fingerprint density at radius 3 is 2.53 bits per heavy atom. The van der Waals surface area contributed by atoms with Crippen LogP contribution in [0.25, 0.3) is 0 Å². The molecule has 2 aromatic rings. The second kappa shape index (κ2) is 7.08. The van der Waals surface area contributed by atoms with E-state index < -0.39 is 0 Å². The number of hydrogen-bond acceptors (Lipinski definition) is 2. The van der Waals surface area contributed by atoms with Crippen LogP contribution in [0, 0.1) is 0 Å². The van der Waals surface area contributed by atoms with Crippen molar-refractivity contribution in [3.63, 3.8) is 0 Å². The van der Waals surface area contributed by atoms with Gasteiger partial charge in [-0.1, -0.05) is 12.1 Å². The molecule has 0 saturated carbocycles. The summed E-state index contributed by atoms with van der Waals surface area (Å²) < 4.78 is 1.12. The fraction of sp³-hybridized carbons (Fsp3) is 0.214. The fourth-order valence-corrected chi connectivity index (χ4v) is 3.29. The molecule has 0 aliphatic carbocycles. The van der Waals surface area contributed by atoms with E-state index in [1.807, 2.05) is 18.2 Å². The molecule has 19 heavy (non-hydrogen) atoms. The Morgan fingerprint density at radius 2 is 1.95 bits per heavy atom. The van der Waals surface area contributed by atoms with Crippen LogP contribution in [0.4, 0.5) is 0 Å². The lowest BCUT2D eigenvalue weighted by Gasteiger charge is -2.04. The molecule has 1 heterocycles. The number of amides is 1. The zero-order valence-electron chi connectivity index (χ0n) is 10.2. The van der Waals surface area contributed by atoms with Gasteiger partial charge in [0.25, 0.3) is 5.91 Å². The standard InChI is InChI=1S/C14H13BrClNOS/c15-13-6-5-12(19-13)7-8-17-14(18)11-3-1-10(9-16)2-4-11/h1-6H,7-9H2,(H,17,18). The first-order valence-electron chi connectivity index (χ1n) is 5.86. The van der Waals surface area contributed by atoms with Crippen LogP contribution < -0.4 is 5.32 Å². The first kappa shape index (κ1) is 14.6. The molecule has 0 bridgehead atoms. The van der Waals surface area contributed by atoms with Gasteiger partial charge >= 0.3 is 0 Å². The maximum Gasteiger partial charge on any atom is 0.251 e. The molecule has 0 atom stereocenters. The van der Waals surface area contributed by atoms with E-state index in [0.717, 1.165) is 15.8 Å². The maximum absolute atomic E-state index is 11.9. The lowest BCUT2D eigenvalue weighted by Crippen LogP contribution is -2.25. The molecule has 1 aromatic heterocycles. The minimum absolute atomic E-state index is 0.0447. The Hall–Kier alpha value is -0.840. The molecule has 1 N–H and O–H groups in total. The quantitative estimate of drug-likeness (QED) is 0.797. The van der Waals surface area contributed by atoms with Crippen LogP contribution in [0.3, 0.4) is 0 Å². The molecule has 0 radical (unpaired) electrons. The summed E-state index contributed by atoms with van der Waals surface area (Å²) in [5, 5.41) is 2.91. The van der Waals surface area contributed by atoms with Crippen molar-refractivity contribution < 1.29 is 4.79 Å². The molecule has 5 heteroatoms. The van der Waals surface area contributed by atoms with E-state index >= 15 is 0 Å². The van der Waals surface area contributed by atoms with Gasteiger partial charge in [0.2, 0.25) is 0 Å². The Bertz CT molecular complexity index is 553. The Morgan fingerprint density at radius 1 is 1.21 bits per heavy atom. The first-order chi connectivity index (χ1) is 9.19. The van der Waals surface area contributed by atoms with E-state index in [4.69, 9.17) is 11.6 Å². The smallest absolute Gasteiger partial charge is 0.251 e. The molecule has 1 amide bonds. The zero-order chi connectivity index (χ0) is 13.7. The summed E-state index contributed by atoms with van der Waals surface area (Å²) in [5.74, 6) is 0.423. The average Bonchev–Trinajstić information content (AvgIpc) is 2.84. The highest BCUT2D eigenvalue weighted by Gasteiger charge is 2.05. The van der Waals surface area contributed by atoms with Crippen molar-refractivity contribution in [1.82, 2.24) is 5.32 Å². The first-order valence-corrected chi connectivity index (χ1v) is 8.01. The number of benzene rings is 1. The number of nitrogens with one attached hydrogen (secondary N) is 1. The fourth-order valence-electron chi connectivity index (χ4n) is 1.63. The van der Waals surface area contributed by atoms with Gasteiger partial charge < -0.3 is 5.32 Å². The van der Waals surface area contributed by atoms with Crippen LogP contribution >= 0.6 is 38.9 Å². The van der Waals surface area contributed by atoms with E-state index in [1.54, 1.807) is 23.5 Å². The topological polar surface area (TPSA) is 29.1 Å². The van der Waals surface area contributed by atoms with E-state index in [0.29, 0.717) is 18.0 Å². The third kappa shape index (κ3) is 4.34. The van der Waals surface area contributed by atoms with Gasteiger partial charge in [0.1, 0.15) is 0 Å². The molecule has 100 valence electrons. The Kier molecular flexibility index (Phi) is 5.43. The summed E-state index contributed by atoms with van der Waals surface area (Å²) in [6.07, 6.45) is 0.849. The molecular weight excluding hydrogens is 346 g/mol. The van der Waals surface area contributed by atoms with Gasteiger partial charge in [-0.2, -0.15) is 0 Å². The largest absolute Gasteiger partial charge is 0.352 e. The molecule has 0 fully saturated rings. The van der Waals surface area contributed by atoms with E-state index in [1.165, 1.54) is 4.88 Å². The van der Waals surface area contributed by atoms with Gasteiger partial charge in [0.15, 0.2) is 0 Å². The third-order valence-corrected chi connectivity index (χ3v) is 4.65. The lowest BCUT2D eigenvalue weighted by atomic mass is 10.1. The Balaban J connectivity index is 1.83. The molecule has 2 rings (SSSR count). The molecular formula is C14H13BrClNOS. The molecule has 0 aliphatic rings. The number of halogens is 2. The zero-order valence-corrected chi connectivity index (χ0v) is 13.3. The van der Waals surface area contributed by atoms with Gasteiger partial charge in [0, 0.05) is 22.9 Å². The van der Waals surface area contributed by atoms with Crippen molar-refractivity contribution >= 4 is 44.8 Å². The van der Waals surface area contributed by atoms with Gasteiger partial charge in [-0.25, -0.2) is 0 Å². The van der Waals surface area contributed by atoms with Crippen molar-refractivity contribution in [2.75, 3.05) is 6.54 Å². The molecule has 0 aliphatic heterocycles. The van der Waals surface area contributed by atoms with E-state index in [9.17, 15) is 4.79 Å². The second-order valence-electron chi connectivity index (χ2n) is 4.04. The molecule has 0 unspecified atom stereocenters. The van der Waals surface area contributed by atoms with Gasteiger partial charge in [-0.05, 0) is 52.2 Å². The summed E-state index contributed by atoms with van der Waals surface area (Å²) in [4.78, 5) is 13.1. The van der Waals surface area contributed by atoms with Crippen molar-refractivity contribution in [1.29, 1.82) is 0 Å². The third-order valence-electron chi connectivity index (χ3n) is 2.66. The molecule has 0 saturated heterocycles. The highest BCUT2D eigenvalue weighted by atomic mass is 79.9. The number of carbonyl (C=O) groups excluding carboxylic acids is 1. The van der Waals surface area contributed by atoms with Crippen molar-refractivity contribution in [3.8, 4) is 0 Å². The minimum Gasteiger partial charge on any atom is -0.352 e. The highest BCUT2D eigenvalue weighted by Crippen LogP contribution is 2.22. The summed E-state index contributed by atoms with van der Waals surface area (Å²) in [5.41, 5.74) is 1.68. The summed E-state index contributed by atoms with van der Waals surface area (Å²) in [6.45, 7) is 0.642. The highest BCUT2D eigenvalue weighted by molar-refractivity contribution is 9.11. The Labute approximate surface area is 129 Å². The van der Waals surface area contributed by atoms with Crippen LogP contribution in [-0.2, 0) is 12.3 Å². The number of carbonyl (C=O) groups is 1. The van der Waals surface area contributed by atoms with E-state index in [-0.39, 0.29) is 5.91 Å². The number of rotatable bonds is 5. The maximum atomic E-state index is 11.9. The van der Waals surface area contributed by atoms with Crippen LogP contribution in [0.5, 0.6) is 0 Å².